The smallest absolute Gasteiger partial charge is 0.429 e. The third kappa shape index (κ3) is 9.67. The van der Waals surface area contributed by atoms with Crippen LogP contribution in [-0.2, 0) is 25.7 Å². The third-order valence-electron chi connectivity index (χ3n) is 4.97. The number of nitrogens with zero attached hydrogens (tertiary/aromatic N) is 1. The topological polar surface area (TPSA) is 166 Å². The number of amides is 3. The SMILES string of the molecule is CC(C)[C@H](NC(=O)CI)C(=O)N[C@@H](C)C(=O)Nc1ccc(COC(=O)Oc2ccc([N+](=O)[O-])cc2)cc1. The predicted molar refractivity (Wildman–Crippen MR) is 142 cm³/mol. The number of alkyl halides is 1. The summed E-state index contributed by atoms with van der Waals surface area (Å²) in [6, 6.07) is 9.82. The van der Waals surface area contributed by atoms with Gasteiger partial charge < -0.3 is 25.4 Å². The number of carbonyl (C=O) groups is 4. The van der Waals surface area contributed by atoms with Gasteiger partial charge in [-0.2, -0.15) is 0 Å². The van der Waals surface area contributed by atoms with E-state index in [4.69, 9.17) is 9.47 Å². The number of nitro benzene ring substituents is 1. The van der Waals surface area contributed by atoms with Gasteiger partial charge in [0.25, 0.3) is 5.69 Å². The summed E-state index contributed by atoms with van der Waals surface area (Å²) in [6.45, 7) is 5.02. The zero-order chi connectivity index (χ0) is 27.5. The molecule has 13 heteroatoms. The average Bonchev–Trinajstić information content (AvgIpc) is 2.86. The Morgan fingerprint density at radius 1 is 0.946 bits per heavy atom. The molecule has 0 bridgehead atoms. The minimum atomic E-state index is -0.981. The number of benzene rings is 2. The van der Waals surface area contributed by atoms with Crippen molar-refractivity contribution in [1.29, 1.82) is 0 Å². The van der Waals surface area contributed by atoms with Gasteiger partial charge in [0.05, 0.1) is 9.35 Å². The molecule has 0 saturated heterocycles. The van der Waals surface area contributed by atoms with Crippen LogP contribution in [0, 0.1) is 16.0 Å². The zero-order valence-corrected chi connectivity index (χ0v) is 22.5. The number of ether oxygens (including phenoxy) is 2. The summed E-state index contributed by atoms with van der Waals surface area (Å²) in [5.74, 6) is -1.24. The lowest BCUT2D eigenvalue weighted by molar-refractivity contribution is -0.384. The fraction of sp³-hybridized carbons (Fsp3) is 0.333. The second kappa shape index (κ2) is 14.1. The molecule has 2 atom stereocenters. The van der Waals surface area contributed by atoms with Gasteiger partial charge >= 0.3 is 6.16 Å². The molecule has 0 radical (unpaired) electrons. The highest BCUT2D eigenvalue weighted by molar-refractivity contribution is 14.1. The Bertz CT molecular complexity index is 1120. The van der Waals surface area contributed by atoms with Gasteiger partial charge in [0.15, 0.2) is 0 Å². The maximum absolute atomic E-state index is 12.5. The molecule has 3 amide bonds. The lowest BCUT2D eigenvalue weighted by Gasteiger charge is -2.23. The summed E-state index contributed by atoms with van der Waals surface area (Å²) in [5, 5.41) is 18.6. The predicted octanol–water partition coefficient (Wildman–Crippen LogP) is 3.33. The highest BCUT2D eigenvalue weighted by Gasteiger charge is 2.26. The molecule has 2 rings (SSSR count). The molecule has 0 saturated carbocycles. The molecule has 37 heavy (non-hydrogen) atoms. The Morgan fingerprint density at radius 2 is 1.57 bits per heavy atom. The number of halogens is 1. The number of hydrogen-bond donors (Lipinski definition) is 3. The molecule has 2 aromatic carbocycles. The van der Waals surface area contributed by atoms with E-state index in [1.54, 1.807) is 38.1 Å². The summed E-state index contributed by atoms with van der Waals surface area (Å²) in [6.07, 6.45) is -0.981. The standard InChI is InChI=1S/C24H27IN4O8/c1-14(2)21(28-20(30)12-25)23(32)26-15(3)22(31)27-17-6-4-16(5-7-17)13-36-24(33)37-19-10-8-18(9-11-19)29(34)35/h4-11,14-15,21H,12-13H2,1-3H3,(H,26,32)(H,27,31)(H,28,30)/t15-,21-/m0/s1. The number of carbonyl (C=O) groups excluding carboxylic acids is 4. The van der Waals surface area contributed by atoms with E-state index < -0.39 is 35.0 Å². The van der Waals surface area contributed by atoms with Crippen LogP contribution < -0.4 is 20.7 Å². The van der Waals surface area contributed by atoms with Crippen molar-refractivity contribution in [1.82, 2.24) is 10.6 Å². The Morgan fingerprint density at radius 3 is 2.11 bits per heavy atom. The van der Waals surface area contributed by atoms with Crippen molar-refractivity contribution >= 4 is 57.8 Å². The molecule has 198 valence electrons. The van der Waals surface area contributed by atoms with E-state index in [2.05, 4.69) is 16.0 Å². The molecule has 0 aliphatic rings. The van der Waals surface area contributed by atoms with Crippen LogP contribution in [0.1, 0.15) is 26.3 Å². The van der Waals surface area contributed by atoms with Crippen LogP contribution in [0.25, 0.3) is 0 Å². The van der Waals surface area contributed by atoms with Gasteiger partial charge in [0.1, 0.15) is 24.4 Å². The van der Waals surface area contributed by atoms with Crippen LogP contribution in [0.4, 0.5) is 16.2 Å². The molecule has 0 unspecified atom stereocenters. The first-order valence-corrected chi connectivity index (χ1v) is 12.7. The number of hydrogen-bond acceptors (Lipinski definition) is 8. The maximum Gasteiger partial charge on any atom is 0.514 e. The van der Waals surface area contributed by atoms with Crippen LogP contribution >= 0.6 is 22.6 Å². The van der Waals surface area contributed by atoms with E-state index in [0.29, 0.717) is 11.3 Å². The average molecular weight is 626 g/mol. The van der Waals surface area contributed by atoms with Crippen molar-refractivity contribution in [3.63, 3.8) is 0 Å². The van der Waals surface area contributed by atoms with E-state index in [9.17, 15) is 29.3 Å². The summed E-state index contributed by atoms with van der Waals surface area (Å²) >= 11 is 1.90. The van der Waals surface area contributed by atoms with Gasteiger partial charge in [-0.05, 0) is 42.7 Å². The summed E-state index contributed by atoms with van der Waals surface area (Å²) < 4.78 is 10.2. The van der Waals surface area contributed by atoms with Gasteiger partial charge in [-0.1, -0.05) is 48.6 Å². The van der Waals surface area contributed by atoms with E-state index in [1.807, 2.05) is 22.6 Å². The van der Waals surface area contributed by atoms with Crippen molar-refractivity contribution in [2.45, 2.75) is 39.5 Å². The lowest BCUT2D eigenvalue weighted by atomic mass is 10.0. The molecular formula is C24H27IN4O8. The number of rotatable bonds is 11. The largest absolute Gasteiger partial charge is 0.514 e. The van der Waals surface area contributed by atoms with E-state index >= 15 is 0 Å². The molecule has 3 N–H and O–H groups in total. The number of non-ortho nitro benzene ring substituents is 1. The van der Waals surface area contributed by atoms with Crippen molar-refractivity contribution in [3.8, 4) is 5.75 Å². The first kappa shape index (κ1) is 29.5. The summed E-state index contributed by atoms with van der Waals surface area (Å²) in [5.41, 5.74) is 0.942. The van der Waals surface area contributed by atoms with Crippen molar-refractivity contribution in [3.05, 3.63) is 64.2 Å². The summed E-state index contributed by atoms with van der Waals surface area (Å²) in [4.78, 5) is 58.7. The Balaban J connectivity index is 1.83. The minimum Gasteiger partial charge on any atom is -0.429 e. The fourth-order valence-corrected chi connectivity index (χ4v) is 3.17. The number of anilines is 1. The Kier molecular flexibility index (Phi) is 11.2. The molecule has 0 aliphatic heterocycles. The monoisotopic (exact) mass is 626 g/mol. The van der Waals surface area contributed by atoms with Gasteiger partial charge in [-0.15, -0.1) is 0 Å². The van der Waals surface area contributed by atoms with Crippen LogP contribution in [0.2, 0.25) is 0 Å². The molecule has 0 heterocycles. The Hall–Kier alpha value is -3.75. The zero-order valence-electron chi connectivity index (χ0n) is 20.4. The van der Waals surface area contributed by atoms with Crippen molar-refractivity contribution in [2.24, 2.45) is 5.92 Å². The summed E-state index contributed by atoms with van der Waals surface area (Å²) in [7, 11) is 0. The maximum atomic E-state index is 12.5. The quantitative estimate of drug-likeness (QED) is 0.0854. The second-order valence-corrected chi connectivity index (χ2v) is 8.99. The molecule has 0 spiro atoms. The van der Waals surface area contributed by atoms with Gasteiger partial charge in [0.2, 0.25) is 17.7 Å². The highest BCUT2D eigenvalue weighted by Crippen LogP contribution is 2.18. The Labute approximate surface area is 226 Å². The molecule has 0 aliphatic carbocycles. The molecule has 0 aromatic heterocycles. The fourth-order valence-electron chi connectivity index (χ4n) is 2.95. The van der Waals surface area contributed by atoms with Crippen molar-refractivity contribution < 1.29 is 33.6 Å². The molecule has 2 aromatic rings. The lowest BCUT2D eigenvalue weighted by Crippen LogP contribution is -2.53. The van der Waals surface area contributed by atoms with Crippen molar-refractivity contribution in [2.75, 3.05) is 9.74 Å². The van der Waals surface area contributed by atoms with Gasteiger partial charge in [-0.25, -0.2) is 4.79 Å². The molecule has 12 nitrogen and oxygen atoms in total. The molecule has 0 fully saturated rings. The number of nitrogens with one attached hydrogen (secondary N) is 3. The first-order valence-electron chi connectivity index (χ1n) is 11.1. The van der Waals surface area contributed by atoms with E-state index in [-0.39, 0.29) is 34.3 Å². The van der Waals surface area contributed by atoms with E-state index in [1.165, 1.54) is 31.2 Å². The third-order valence-corrected chi connectivity index (χ3v) is 5.66. The van der Waals surface area contributed by atoms with Gasteiger partial charge in [0, 0.05) is 17.8 Å². The molecular weight excluding hydrogens is 599 g/mol. The minimum absolute atomic E-state index is 0.0990. The number of nitro groups is 1. The van der Waals surface area contributed by atoms with E-state index in [0.717, 1.165) is 0 Å². The normalized spacial score (nSPS) is 12.1. The second-order valence-electron chi connectivity index (χ2n) is 8.23. The highest BCUT2D eigenvalue weighted by atomic mass is 127. The van der Waals surface area contributed by atoms with Gasteiger partial charge in [-0.3, -0.25) is 24.5 Å². The van der Waals surface area contributed by atoms with Crippen LogP contribution in [0.3, 0.4) is 0 Å². The first-order chi connectivity index (χ1) is 17.5. The van der Waals surface area contributed by atoms with Crippen LogP contribution in [0.15, 0.2) is 48.5 Å². The van der Waals surface area contributed by atoms with Crippen LogP contribution in [0.5, 0.6) is 5.75 Å². The van der Waals surface area contributed by atoms with Crippen LogP contribution in [-0.4, -0.2) is 45.3 Å².